The molecule has 5 heteroatoms. The van der Waals surface area contributed by atoms with E-state index in [1.165, 1.54) is 37.9 Å². The molecule has 1 aromatic carbocycles. The van der Waals surface area contributed by atoms with Crippen molar-refractivity contribution in [1.82, 2.24) is 0 Å². The van der Waals surface area contributed by atoms with E-state index in [1.54, 1.807) is 12.1 Å². The van der Waals surface area contributed by atoms with Gasteiger partial charge in [0.25, 0.3) is 0 Å². The first-order valence-electron chi connectivity index (χ1n) is 9.11. The molecule has 138 valence electrons. The van der Waals surface area contributed by atoms with Gasteiger partial charge in [-0.1, -0.05) is 39.0 Å². The quantitative estimate of drug-likeness (QED) is 0.285. The molecule has 0 unspecified atom stereocenters. The van der Waals surface area contributed by atoms with Crippen LogP contribution in [-0.4, -0.2) is 23.2 Å². The Morgan fingerprint density at radius 3 is 2.52 bits per heavy atom. The second-order valence-corrected chi connectivity index (χ2v) is 7.03. The van der Waals surface area contributed by atoms with Crippen molar-refractivity contribution in [2.45, 2.75) is 65.2 Å². The molecule has 0 aliphatic rings. The topological polar surface area (TPSA) is 70.3 Å². The molecular formula is C20H29NO3S. The van der Waals surface area contributed by atoms with Gasteiger partial charge in [0.1, 0.15) is 16.9 Å². The Morgan fingerprint density at radius 2 is 1.88 bits per heavy atom. The number of thiocyanates is 1. The van der Waals surface area contributed by atoms with Crippen LogP contribution in [0.2, 0.25) is 0 Å². The molecule has 1 N–H and O–H groups in total. The van der Waals surface area contributed by atoms with Crippen molar-refractivity contribution < 1.29 is 14.6 Å². The summed E-state index contributed by atoms with van der Waals surface area (Å²) in [7, 11) is 0. The number of ether oxygens (including phenoxy) is 1. The molecule has 0 saturated carbocycles. The molecule has 0 heterocycles. The fraction of sp³-hybridized carbons (Fsp3) is 0.600. The number of hydrogen-bond donors (Lipinski definition) is 1. The van der Waals surface area contributed by atoms with Gasteiger partial charge in [-0.05, 0) is 50.1 Å². The van der Waals surface area contributed by atoms with E-state index >= 15 is 0 Å². The Kier molecular flexibility index (Phi) is 10.8. The van der Waals surface area contributed by atoms with E-state index in [2.05, 4.69) is 5.40 Å². The van der Waals surface area contributed by atoms with E-state index in [9.17, 15) is 9.90 Å². The van der Waals surface area contributed by atoms with Crippen LogP contribution in [-0.2, 0) is 6.42 Å². The number of aromatic hydroxyl groups is 1. The summed E-state index contributed by atoms with van der Waals surface area (Å²) in [5.41, 5.74) is 1.11. The number of hydrogen-bond acceptors (Lipinski definition) is 5. The van der Waals surface area contributed by atoms with Crippen LogP contribution in [0.4, 0.5) is 0 Å². The van der Waals surface area contributed by atoms with Gasteiger partial charge < -0.3 is 9.84 Å². The number of carbonyl (C=O) groups is 1. The summed E-state index contributed by atoms with van der Waals surface area (Å²) in [6.45, 7) is 4.13. The Balaban J connectivity index is 2.36. The first-order valence-corrected chi connectivity index (χ1v) is 10.1. The van der Waals surface area contributed by atoms with Gasteiger partial charge in [0, 0.05) is 11.3 Å². The molecule has 0 saturated heterocycles. The van der Waals surface area contributed by atoms with Gasteiger partial charge in [-0.25, -0.2) is 0 Å². The second kappa shape index (κ2) is 12.7. The highest BCUT2D eigenvalue weighted by molar-refractivity contribution is 8.03. The average molecular weight is 364 g/mol. The zero-order valence-corrected chi connectivity index (χ0v) is 16.2. The van der Waals surface area contributed by atoms with Crippen LogP contribution < -0.4 is 4.74 Å². The summed E-state index contributed by atoms with van der Waals surface area (Å²) >= 11 is 1.33. The molecule has 25 heavy (non-hydrogen) atoms. The lowest BCUT2D eigenvalue weighted by Gasteiger charge is -2.14. The minimum atomic E-state index is -0.130. The highest BCUT2D eigenvalue weighted by Crippen LogP contribution is 2.33. The number of phenols is 1. The number of nitriles is 1. The number of nitrogens with zero attached hydrogens (tertiary/aromatic N) is 1. The van der Waals surface area contributed by atoms with E-state index in [0.717, 1.165) is 37.0 Å². The highest BCUT2D eigenvalue weighted by Gasteiger charge is 2.15. The maximum atomic E-state index is 11.6. The van der Waals surface area contributed by atoms with Crippen molar-refractivity contribution >= 4 is 17.5 Å². The van der Waals surface area contributed by atoms with Crippen LogP contribution in [0.5, 0.6) is 11.5 Å². The van der Waals surface area contributed by atoms with Crippen LogP contribution in [0.3, 0.4) is 0 Å². The van der Waals surface area contributed by atoms with Gasteiger partial charge in [0.2, 0.25) is 0 Å². The van der Waals surface area contributed by atoms with Crippen LogP contribution in [0.15, 0.2) is 12.1 Å². The van der Waals surface area contributed by atoms with Gasteiger partial charge in [-0.2, -0.15) is 5.26 Å². The molecule has 0 bridgehead atoms. The minimum absolute atomic E-state index is 0.0714. The number of benzene rings is 1. The minimum Gasteiger partial charge on any atom is -0.507 e. The Morgan fingerprint density at radius 1 is 1.20 bits per heavy atom. The third kappa shape index (κ3) is 7.83. The summed E-state index contributed by atoms with van der Waals surface area (Å²) in [6.07, 6.45) is 8.34. The van der Waals surface area contributed by atoms with Gasteiger partial charge >= 0.3 is 0 Å². The van der Waals surface area contributed by atoms with E-state index < -0.39 is 0 Å². The fourth-order valence-corrected chi connectivity index (χ4v) is 3.18. The summed E-state index contributed by atoms with van der Waals surface area (Å²) in [5.74, 6) is 1.56. The average Bonchev–Trinajstić information content (AvgIpc) is 2.59. The molecular weight excluding hydrogens is 334 g/mol. The van der Waals surface area contributed by atoms with E-state index in [0.29, 0.717) is 24.3 Å². The predicted molar refractivity (Wildman–Crippen MR) is 103 cm³/mol. The largest absolute Gasteiger partial charge is 0.507 e. The van der Waals surface area contributed by atoms with Crippen LogP contribution in [0.1, 0.15) is 74.7 Å². The second-order valence-electron chi connectivity index (χ2n) is 6.15. The molecule has 0 aromatic heterocycles. The lowest BCUT2D eigenvalue weighted by molar-refractivity contribution is 0.101. The molecule has 0 aliphatic heterocycles. The maximum absolute atomic E-state index is 11.6. The van der Waals surface area contributed by atoms with Crippen molar-refractivity contribution in [2.75, 3.05) is 12.4 Å². The Bertz CT molecular complexity index is 581. The summed E-state index contributed by atoms with van der Waals surface area (Å²) in [6, 6.07) is 3.44. The van der Waals surface area contributed by atoms with Crippen LogP contribution in [0.25, 0.3) is 0 Å². The number of rotatable bonds is 13. The number of carbonyl (C=O) groups excluding carboxylic acids is 1. The number of thioether (sulfide) groups is 1. The van der Waals surface area contributed by atoms with E-state index in [1.807, 2.05) is 6.92 Å². The SMILES string of the molecule is CCCc1c(OCCCCCCCCSC#N)ccc(C(C)=O)c1O. The number of Topliss-reactive ketones (excluding diaryl/α,β-unsaturated/α-hetero) is 1. The monoisotopic (exact) mass is 363 g/mol. The van der Waals surface area contributed by atoms with E-state index in [-0.39, 0.29) is 11.5 Å². The van der Waals surface area contributed by atoms with E-state index in [4.69, 9.17) is 10.00 Å². The Labute approximate surface area is 155 Å². The zero-order chi connectivity index (χ0) is 18.5. The van der Waals surface area contributed by atoms with Gasteiger partial charge in [-0.3, -0.25) is 4.79 Å². The molecule has 4 nitrogen and oxygen atoms in total. The van der Waals surface area contributed by atoms with Gasteiger partial charge in [0.05, 0.1) is 12.2 Å². The van der Waals surface area contributed by atoms with Crippen LogP contribution >= 0.6 is 11.8 Å². The summed E-state index contributed by atoms with van der Waals surface area (Å²) in [5, 5.41) is 20.8. The standard InChI is InChI=1S/C20H29NO3S/c1-3-10-18-19(12-11-17(16(2)22)20(18)23)24-13-8-6-4-5-7-9-14-25-15-21/h11-12,23H,3-10,13-14H2,1-2H3. The maximum Gasteiger partial charge on any atom is 0.163 e. The van der Waals surface area contributed by atoms with Gasteiger partial charge in [-0.15, -0.1) is 0 Å². The first kappa shape index (κ1) is 21.4. The highest BCUT2D eigenvalue weighted by atomic mass is 32.2. The zero-order valence-electron chi connectivity index (χ0n) is 15.3. The molecule has 1 rings (SSSR count). The molecule has 0 atom stereocenters. The van der Waals surface area contributed by atoms with Gasteiger partial charge in [0.15, 0.2) is 5.78 Å². The summed E-state index contributed by atoms with van der Waals surface area (Å²) < 4.78 is 5.85. The fourth-order valence-electron chi connectivity index (χ4n) is 2.74. The lowest BCUT2D eigenvalue weighted by Crippen LogP contribution is -2.03. The molecule has 0 spiro atoms. The number of phenolic OH excluding ortho intramolecular Hbond substituents is 1. The number of ketones is 1. The predicted octanol–water partition coefficient (Wildman–Crippen LogP) is 5.48. The van der Waals surface area contributed by atoms with Crippen molar-refractivity contribution in [3.8, 4) is 16.9 Å². The smallest absolute Gasteiger partial charge is 0.163 e. The normalized spacial score (nSPS) is 10.4. The molecule has 0 radical (unpaired) electrons. The van der Waals surface area contributed by atoms with Crippen molar-refractivity contribution in [3.05, 3.63) is 23.3 Å². The summed E-state index contributed by atoms with van der Waals surface area (Å²) in [4.78, 5) is 11.6. The van der Waals surface area contributed by atoms with Crippen molar-refractivity contribution in [1.29, 1.82) is 5.26 Å². The Hall–Kier alpha value is -1.67. The number of unbranched alkanes of at least 4 members (excludes halogenated alkanes) is 5. The molecule has 1 aromatic rings. The third-order valence-electron chi connectivity index (χ3n) is 4.08. The third-order valence-corrected chi connectivity index (χ3v) is 4.70. The van der Waals surface area contributed by atoms with Crippen LogP contribution in [0, 0.1) is 10.7 Å². The molecule has 0 aliphatic carbocycles. The van der Waals surface area contributed by atoms with Crippen molar-refractivity contribution in [2.24, 2.45) is 0 Å². The molecule has 0 fully saturated rings. The van der Waals surface area contributed by atoms with Crippen molar-refractivity contribution in [3.63, 3.8) is 0 Å². The lowest BCUT2D eigenvalue weighted by atomic mass is 10.0. The first-order chi connectivity index (χ1) is 12.1. The molecule has 0 amide bonds.